The lowest BCUT2D eigenvalue weighted by atomic mass is 10.1. The molecule has 1 aromatic carbocycles. The molecule has 0 atom stereocenters. The molecule has 5 heteroatoms. The number of anilines is 3. The van der Waals surface area contributed by atoms with Crippen molar-refractivity contribution in [3.8, 4) is 0 Å². The lowest BCUT2D eigenvalue weighted by molar-refractivity contribution is -0.117. The summed E-state index contributed by atoms with van der Waals surface area (Å²) >= 11 is 0. The highest BCUT2D eigenvalue weighted by Gasteiger charge is 2.29. The summed E-state index contributed by atoms with van der Waals surface area (Å²) in [6.45, 7) is 2.13. The van der Waals surface area contributed by atoms with E-state index in [1.54, 1.807) is 6.07 Å². The van der Waals surface area contributed by atoms with Crippen LogP contribution in [0.3, 0.4) is 0 Å². The molecule has 0 radical (unpaired) electrons. The molecule has 1 aromatic heterocycles. The van der Waals surface area contributed by atoms with Crippen molar-refractivity contribution >= 4 is 23.2 Å². The molecule has 21 heavy (non-hydrogen) atoms. The van der Waals surface area contributed by atoms with Gasteiger partial charge in [0.1, 0.15) is 0 Å². The standard InChI is InChI=1S/C16H18N4O/c1-2-11-3-7-13(8-4-11)17-14-9-10-15(20-19-14)18-16(21)12-5-6-12/h3-4,7-10,12H,2,5-6H2,1H3,(H,17,19)(H,18,20,21). The van der Waals surface area contributed by atoms with Crippen molar-refractivity contribution in [2.75, 3.05) is 10.6 Å². The minimum Gasteiger partial charge on any atom is -0.339 e. The van der Waals surface area contributed by atoms with Crippen molar-refractivity contribution in [3.63, 3.8) is 0 Å². The molecule has 0 saturated heterocycles. The average molecular weight is 282 g/mol. The second kappa shape index (κ2) is 5.91. The van der Waals surface area contributed by atoms with Gasteiger partial charge in [0.15, 0.2) is 11.6 Å². The summed E-state index contributed by atoms with van der Waals surface area (Å²) in [5.41, 5.74) is 2.26. The van der Waals surface area contributed by atoms with Gasteiger partial charge in [0, 0.05) is 11.6 Å². The number of aromatic nitrogens is 2. The van der Waals surface area contributed by atoms with Gasteiger partial charge in [0.25, 0.3) is 0 Å². The molecule has 0 spiro atoms. The zero-order valence-corrected chi connectivity index (χ0v) is 12.0. The quantitative estimate of drug-likeness (QED) is 0.884. The Labute approximate surface area is 123 Å². The first-order valence-electron chi connectivity index (χ1n) is 7.25. The molecule has 1 aliphatic rings. The van der Waals surface area contributed by atoms with Crippen molar-refractivity contribution in [1.29, 1.82) is 0 Å². The van der Waals surface area contributed by atoms with Crippen LogP contribution in [0.1, 0.15) is 25.3 Å². The number of rotatable bonds is 5. The van der Waals surface area contributed by atoms with Crippen molar-refractivity contribution in [3.05, 3.63) is 42.0 Å². The Kier molecular flexibility index (Phi) is 3.81. The smallest absolute Gasteiger partial charge is 0.228 e. The normalized spacial score (nSPS) is 13.8. The van der Waals surface area contributed by atoms with E-state index in [-0.39, 0.29) is 11.8 Å². The Balaban J connectivity index is 1.61. The first kappa shape index (κ1) is 13.5. The molecule has 1 aliphatic carbocycles. The van der Waals surface area contributed by atoms with Gasteiger partial charge < -0.3 is 10.6 Å². The van der Waals surface area contributed by atoms with Crippen molar-refractivity contribution in [1.82, 2.24) is 10.2 Å². The van der Waals surface area contributed by atoms with Gasteiger partial charge in [-0.1, -0.05) is 19.1 Å². The monoisotopic (exact) mass is 282 g/mol. The summed E-state index contributed by atoms with van der Waals surface area (Å²) in [4.78, 5) is 11.6. The summed E-state index contributed by atoms with van der Waals surface area (Å²) in [6, 6.07) is 11.8. The lowest BCUT2D eigenvalue weighted by Gasteiger charge is -2.07. The summed E-state index contributed by atoms with van der Waals surface area (Å²) in [5.74, 6) is 1.37. The van der Waals surface area contributed by atoms with Gasteiger partial charge in [0.05, 0.1) is 0 Å². The Morgan fingerprint density at radius 2 is 1.76 bits per heavy atom. The third kappa shape index (κ3) is 3.56. The van der Waals surface area contributed by atoms with E-state index in [0.29, 0.717) is 11.6 Å². The maximum atomic E-state index is 11.6. The van der Waals surface area contributed by atoms with E-state index < -0.39 is 0 Å². The molecule has 5 nitrogen and oxygen atoms in total. The topological polar surface area (TPSA) is 66.9 Å². The number of nitrogens with zero attached hydrogens (tertiary/aromatic N) is 2. The van der Waals surface area contributed by atoms with Crippen LogP contribution in [0.5, 0.6) is 0 Å². The summed E-state index contributed by atoms with van der Waals surface area (Å²) < 4.78 is 0. The second-order valence-electron chi connectivity index (χ2n) is 5.24. The van der Waals surface area contributed by atoms with Gasteiger partial charge in [-0.15, -0.1) is 10.2 Å². The molecule has 2 N–H and O–H groups in total. The van der Waals surface area contributed by atoms with Gasteiger partial charge in [-0.3, -0.25) is 4.79 Å². The van der Waals surface area contributed by atoms with Crippen molar-refractivity contribution < 1.29 is 4.79 Å². The van der Waals surface area contributed by atoms with Crippen LogP contribution in [0.2, 0.25) is 0 Å². The molecular weight excluding hydrogens is 264 g/mol. The fourth-order valence-corrected chi connectivity index (χ4v) is 2.01. The largest absolute Gasteiger partial charge is 0.339 e. The molecule has 3 rings (SSSR count). The maximum absolute atomic E-state index is 11.6. The zero-order chi connectivity index (χ0) is 14.7. The molecular formula is C16H18N4O. The number of benzene rings is 1. The van der Waals surface area contributed by atoms with Crippen LogP contribution in [-0.2, 0) is 11.2 Å². The van der Waals surface area contributed by atoms with Crippen molar-refractivity contribution in [2.45, 2.75) is 26.2 Å². The number of carbonyl (C=O) groups is 1. The highest BCUT2D eigenvalue weighted by Crippen LogP contribution is 2.29. The fraction of sp³-hybridized carbons (Fsp3) is 0.312. The molecule has 1 amide bonds. The maximum Gasteiger partial charge on any atom is 0.228 e. The molecule has 1 fully saturated rings. The van der Waals surface area contributed by atoms with E-state index in [4.69, 9.17) is 0 Å². The molecule has 0 aliphatic heterocycles. The van der Waals surface area contributed by atoms with Crippen LogP contribution in [0.25, 0.3) is 0 Å². The van der Waals surface area contributed by atoms with Crippen molar-refractivity contribution in [2.24, 2.45) is 5.92 Å². The van der Waals surface area contributed by atoms with Crippen LogP contribution in [0.4, 0.5) is 17.3 Å². The number of aryl methyl sites for hydroxylation is 1. The van der Waals surface area contributed by atoms with Crippen LogP contribution >= 0.6 is 0 Å². The van der Waals surface area contributed by atoms with E-state index in [0.717, 1.165) is 24.9 Å². The van der Waals surface area contributed by atoms with E-state index in [1.165, 1.54) is 5.56 Å². The Bertz CT molecular complexity index is 618. The van der Waals surface area contributed by atoms with E-state index in [1.807, 2.05) is 18.2 Å². The number of nitrogens with one attached hydrogen (secondary N) is 2. The second-order valence-corrected chi connectivity index (χ2v) is 5.24. The van der Waals surface area contributed by atoms with Gasteiger partial charge >= 0.3 is 0 Å². The minimum atomic E-state index is 0.0418. The Morgan fingerprint density at radius 1 is 1.10 bits per heavy atom. The van der Waals surface area contributed by atoms with Crippen LogP contribution in [-0.4, -0.2) is 16.1 Å². The van der Waals surface area contributed by atoms with E-state index in [9.17, 15) is 4.79 Å². The predicted octanol–water partition coefficient (Wildman–Crippen LogP) is 3.13. The number of hydrogen-bond donors (Lipinski definition) is 2. The highest BCUT2D eigenvalue weighted by molar-refractivity contribution is 5.93. The van der Waals surface area contributed by atoms with Crippen LogP contribution < -0.4 is 10.6 Å². The summed E-state index contributed by atoms with van der Waals surface area (Å²) in [7, 11) is 0. The van der Waals surface area contributed by atoms with E-state index >= 15 is 0 Å². The predicted molar refractivity (Wildman–Crippen MR) is 82.5 cm³/mol. The fourth-order valence-electron chi connectivity index (χ4n) is 2.01. The highest BCUT2D eigenvalue weighted by atomic mass is 16.2. The third-order valence-electron chi connectivity index (χ3n) is 3.50. The van der Waals surface area contributed by atoms with Gasteiger partial charge in [-0.2, -0.15) is 0 Å². The minimum absolute atomic E-state index is 0.0418. The SMILES string of the molecule is CCc1ccc(Nc2ccc(NC(=O)C3CC3)nn2)cc1. The first-order chi connectivity index (χ1) is 10.2. The molecule has 108 valence electrons. The number of carbonyl (C=O) groups excluding carboxylic acids is 1. The Morgan fingerprint density at radius 3 is 2.33 bits per heavy atom. The van der Waals surface area contributed by atoms with Crippen LogP contribution in [0, 0.1) is 5.92 Å². The zero-order valence-electron chi connectivity index (χ0n) is 12.0. The first-order valence-corrected chi connectivity index (χ1v) is 7.25. The lowest BCUT2D eigenvalue weighted by Crippen LogP contribution is -2.14. The van der Waals surface area contributed by atoms with Gasteiger partial charge in [0.2, 0.25) is 5.91 Å². The molecule has 0 bridgehead atoms. The molecule has 2 aromatic rings. The Hall–Kier alpha value is -2.43. The number of hydrogen-bond acceptors (Lipinski definition) is 4. The number of amides is 1. The molecule has 0 unspecified atom stereocenters. The molecule has 1 saturated carbocycles. The third-order valence-corrected chi connectivity index (χ3v) is 3.50. The van der Waals surface area contributed by atoms with Gasteiger partial charge in [-0.05, 0) is 49.1 Å². The summed E-state index contributed by atoms with van der Waals surface area (Å²) in [6.07, 6.45) is 2.98. The average Bonchev–Trinajstić information content (AvgIpc) is 3.35. The van der Waals surface area contributed by atoms with Gasteiger partial charge in [-0.25, -0.2) is 0 Å². The van der Waals surface area contributed by atoms with E-state index in [2.05, 4.69) is 39.9 Å². The summed E-state index contributed by atoms with van der Waals surface area (Å²) in [5, 5.41) is 14.0. The molecule has 1 heterocycles. The van der Waals surface area contributed by atoms with Crippen LogP contribution in [0.15, 0.2) is 36.4 Å².